The fourth-order valence-corrected chi connectivity index (χ4v) is 0.330. The van der Waals surface area contributed by atoms with Gasteiger partial charge in [-0.05, 0) is 0 Å². The van der Waals surface area contributed by atoms with Crippen LogP contribution in [0.15, 0.2) is 12.7 Å². The van der Waals surface area contributed by atoms with Crippen molar-refractivity contribution in [3.05, 3.63) is 12.7 Å². The molecule has 0 bridgehead atoms. The van der Waals surface area contributed by atoms with E-state index in [-0.39, 0.29) is 0 Å². The normalized spacial score (nSPS) is 8.71. The Kier molecular flexibility index (Phi) is 5.98. The Balaban J connectivity index is 2.56. The van der Waals surface area contributed by atoms with Gasteiger partial charge in [0.2, 0.25) is 0 Å². The Morgan fingerprint density at radius 1 is 1.71 bits per heavy atom. The SMILES string of the molecule is C=CCOCCCl. The number of rotatable bonds is 4. The quantitative estimate of drug-likeness (QED) is 0.310. The van der Waals surface area contributed by atoms with Crippen LogP contribution in [0, 0.1) is 0 Å². The molecule has 0 aliphatic rings. The molecule has 0 aromatic rings. The van der Waals surface area contributed by atoms with Gasteiger partial charge in [0.05, 0.1) is 13.2 Å². The van der Waals surface area contributed by atoms with Gasteiger partial charge < -0.3 is 4.74 Å². The van der Waals surface area contributed by atoms with Crippen LogP contribution in [0.1, 0.15) is 0 Å². The van der Waals surface area contributed by atoms with E-state index >= 15 is 0 Å². The molecule has 0 amide bonds. The number of halogens is 1. The number of hydrogen-bond acceptors (Lipinski definition) is 1. The molecule has 0 aromatic heterocycles. The fourth-order valence-electron chi connectivity index (χ4n) is 0.221. The van der Waals surface area contributed by atoms with Gasteiger partial charge in [0.15, 0.2) is 0 Å². The standard InChI is InChI=1S/C5H9ClO/c1-2-4-7-5-3-6/h2H,1,3-5H2. The van der Waals surface area contributed by atoms with Crippen molar-refractivity contribution in [3.63, 3.8) is 0 Å². The predicted molar refractivity (Wildman–Crippen MR) is 31.7 cm³/mol. The van der Waals surface area contributed by atoms with Gasteiger partial charge in [-0.15, -0.1) is 18.2 Å². The van der Waals surface area contributed by atoms with Crippen LogP contribution in [-0.4, -0.2) is 19.1 Å². The van der Waals surface area contributed by atoms with E-state index in [0.717, 1.165) is 0 Å². The monoisotopic (exact) mass is 120 g/mol. The molecular formula is C5H9ClO. The minimum absolute atomic E-state index is 0.563. The highest BCUT2D eigenvalue weighted by Gasteiger charge is 1.76. The van der Waals surface area contributed by atoms with Gasteiger partial charge in [0.25, 0.3) is 0 Å². The summed E-state index contributed by atoms with van der Waals surface area (Å²) in [7, 11) is 0. The lowest BCUT2D eigenvalue weighted by atomic mass is 10.7. The molecule has 0 saturated carbocycles. The lowest BCUT2D eigenvalue weighted by Gasteiger charge is -1.91. The van der Waals surface area contributed by atoms with Gasteiger partial charge in [-0.25, -0.2) is 0 Å². The highest BCUT2D eigenvalue weighted by atomic mass is 35.5. The van der Waals surface area contributed by atoms with E-state index in [4.69, 9.17) is 16.3 Å². The van der Waals surface area contributed by atoms with Gasteiger partial charge >= 0.3 is 0 Å². The Bertz CT molecular complexity index is 45.3. The molecule has 1 nitrogen and oxygen atoms in total. The third kappa shape index (κ3) is 5.99. The molecule has 0 fully saturated rings. The van der Waals surface area contributed by atoms with Crippen molar-refractivity contribution >= 4 is 11.6 Å². The summed E-state index contributed by atoms with van der Waals surface area (Å²) >= 11 is 5.28. The molecule has 42 valence electrons. The second kappa shape index (κ2) is 5.99. The molecule has 0 unspecified atom stereocenters. The zero-order valence-corrected chi connectivity index (χ0v) is 4.95. The number of ether oxygens (including phenoxy) is 1. The van der Waals surface area contributed by atoms with Crippen molar-refractivity contribution in [1.29, 1.82) is 0 Å². The lowest BCUT2D eigenvalue weighted by molar-refractivity contribution is 0.179. The number of hydrogen-bond donors (Lipinski definition) is 0. The van der Waals surface area contributed by atoms with Gasteiger partial charge in [0, 0.05) is 5.88 Å². The molecule has 0 aliphatic heterocycles. The van der Waals surface area contributed by atoms with Crippen LogP contribution in [0.25, 0.3) is 0 Å². The Morgan fingerprint density at radius 3 is 2.86 bits per heavy atom. The molecule has 0 N–H and O–H groups in total. The van der Waals surface area contributed by atoms with Crippen LogP contribution in [0.4, 0.5) is 0 Å². The van der Waals surface area contributed by atoms with Crippen molar-refractivity contribution < 1.29 is 4.74 Å². The van der Waals surface area contributed by atoms with E-state index in [9.17, 15) is 0 Å². The highest BCUT2D eigenvalue weighted by Crippen LogP contribution is 1.77. The zero-order valence-electron chi connectivity index (χ0n) is 4.19. The molecule has 0 rings (SSSR count). The Labute approximate surface area is 48.9 Å². The summed E-state index contributed by atoms with van der Waals surface area (Å²) in [6.07, 6.45) is 1.70. The van der Waals surface area contributed by atoms with E-state index < -0.39 is 0 Å². The maximum Gasteiger partial charge on any atom is 0.0645 e. The van der Waals surface area contributed by atoms with Crippen LogP contribution in [-0.2, 0) is 4.74 Å². The summed E-state index contributed by atoms with van der Waals surface area (Å²) in [6, 6.07) is 0. The molecule has 0 aromatic carbocycles. The Hall–Kier alpha value is -0.0100. The van der Waals surface area contributed by atoms with E-state index in [2.05, 4.69) is 6.58 Å². The van der Waals surface area contributed by atoms with Crippen molar-refractivity contribution in [1.82, 2.24) is 0 Å². The first kappa shape index (κ1) is 6.99. The van der Waals surface area contributed by atoms with Crippen LogP contribution in [0.2, 0.25) is 0 Å². The van der Waals surface area contributed by atoms with E-state index in [1.165, 1.54) is 0 Å². The molecule has 2 heteroatoms. The summed E-state index contributed by atoms with van der Waals surface area (Å²) in [6.45, 7) is 4.69. The summed E-state index contributed by atoms with van der Waals surface area (Å²) in [5.41, 5.74) is 0. The van der Waals surface area contributed by atoms with E-state index in [1.807, 2.05) is 0 Å². The number of alkyl halides is 1. The average Bonchev–Trinajstić information content (AvgIpc) is 1.69. The van der Waals surface area contributed by atoms with Crippen LogP contribution in [0.5, 0.6) is 0 Å². The molecule has 0 aliphatic carbocycles. The maximum atomic E-state index is 5.28. The van der Waals surface area contributed by atoms with Crippen molar-refractivity contribution in [2.75, 3.05) is 19.1 Å². The van der Waals surface area contributed by atoms with Gasteiger partial charge in [-0.1, -0.05) is 6.08 Å². The van der Waals surface area contributed by atoms with Crippen molar-refractivity contribution in [2.45, 2.75) is 0 Å². The van der Waals surface area contributed by atoms with Gasteiger partial charge in [-0.2, -0.15) is 0 Å². The maximum absolute atomic E-state index is 5.28. The third-order valence-corrected chi connectivity index (χ3v) is 0.611. The smallest absolute Gasteiger partial charge is 0.0645 e. The van der Waals surface area contributed by atoms with E-state index in [0.29, 0.717) is 19.1 Å². The minimum Gasteiger partial charge on any atom is -0.376 e. The molecule has 0 spiro atoms. The first-order chi connectivity index (χ1) is 3.41. The Morgan fingerprint density at radius 2 is 2.43 bits per heavy atom. The van der Waals surface area contributed by atoms with Crippen LogP contribution < -0.4 is 0 Å². The minimum atomic E-state index is 0.563. The summed E-state index contributed by atoms with van der Waals surface area (Å²) in [4.78, 5) is 0. The third-order valence-electron chi connectivity index (χ3n) is 0.457. The van der Waals surface area contributed by atoms with E-state index in [1.54, 1.807) is 6.08 Å². The van der Waals surface area contributed by atoms with Crippen molar-refractivity contribution in [3.8, 4) is 0 Å². The average molecular weight is 121 g/mol. The first-order valence-electron chi connectivity index (χ1n) is 2.16. The molecule has 0 heterocycles. The zero-order chi connectivity index (χ0) is 5.54. The van der Waals surface area contributed by atoms with Crippen molar-refractivity contribution in [2.24, 2.45) is 0 Å². The second-order valence-corrected chi connectivity index (χ2v) is 1.43. The molecular weight excluding hydrogens is 112 g/mol. The second-order valence-electron chi connectivity index (χ2n) is 1.05. The molecule has 0 atom stereocenters. The van der Waals surface area contributed by atoms with Gasteiger partial charge in [-0.3, -0.25) is 0 Å². The topological polar surface area (TPSA) is 9.23 Å². The lowest BCUT2D eigenvalue weighted by Crippen LogP contribution is -1.93. The van der Waals surface area contributed by atoms with Crippen LogP contribution in [0.3, 0.4) is 0 Å². The summed E-state index contributed by atoms with van der Waals surface area (Å²) < 4.78 is 4.88. The summed E-state index contributed by atoms with van der Waals surface area (Å²) in [5, 5.41) is 0. The molecule has 7 heavy (non-hydrogen) atoms. The predicted octanol–water partition coefficient (Wildman–Crippen LogP) is 1.43. The summed E-state index contributed by atoms with van der Waals surface area (Å²) in [5.74, 6) is 0.563. The fraction of sp³-hybridized carbons (Fsp3) is 0.600. The first-order valence-corrected chi connectivity index (χ1v) is 2.70. The highest BCUT2D eigenvalue weighted by molar-refractivity contribution is 6.17. The van der Waals surface area contributed by atoms with Crippen LogP contribution >= 0.6 is 11.6 Å². The molecule has 0 saturated heterocycles. The largest absolute Gasteiger partial charge is 0.376 e. The molecule has 0 radical (unpaired) electrons. The van der Waals surface area contributed by atoms with Gasteiger partial charge in [0.1, 0.15) is 0 Å².